The van der Waals surface area contributed by atoms with Gasteiger partial charge in [0.15, 0.2) is 0 Å². The topological polar surface area (TPSA) is 73.1 Å². The van der Waals surface area contributed by atoms with Crippen molar-refractivity contribution in [1.82, 2.24) is 5.32 Å². The third-order valence-electron chi connectivity index (χ3n) is 3.66. The van der Waals surface area contributed by atoms with Crippen molar-refractivity contribution in [2.24, 2.45) is 0 Å². The summed E-state index contributed by atoms with van der Waals surface area (Å²) in [6, 6.07) is 6.30. The van der Waals surface area contributed by atoms with Crippen molar-refractivity contribution in [3.8, 4) is 6.07 Å². The number of hydrogen-bond donors (Lipinski definition) is 2. The molecule has 1 aliphatic rings. The van der Waals surface area contributed by atoms with Gasteiger partial charge >= 0.3 is 12.1 Å². The molecule has 2 rings (SSSR count). The molecule has 1 aliphatic heterocycles. The molecule has 0 fully saturated rings. The molecule has 23 heavy (non-hydrogen) atoms. The zero-order chi connectivity index (χ0) is 17.4. The van der Waals surface area contributed by atoms with E-state index in [2.05, 4.69) is 5.32 Å². The Hall–Kier alpha value is -2.75. The largest absolute Gasteiger partial charge is 0.478 e. The Morgan fingerprint density at radius 2 is 1.96 bits per heavy atom. The second kappa shape index (κ2) is 5.80. The number of carboxylic acid groups (broad SMARTS) is 1. The van der Waals surface area contributed by atoms with Crippen molar-refractivity contribution in [3.63, 3.8) is 0 Å². The number of benzene rings is 1. The first-order chi connectivity index (χ1) is 10.7. The van der Waals surface area contributed by atoms with Crippen molar-refractivity contribution in [2.75, 3.05) is 0 Å². The number of nitrogens with one attached hydrogen (secondary N) is 1. The number of rotatable bonds is 2. The van der Waals surface area contributed by atoms with Crippen LogP contribution in [-0.2, 0) is 11.0 Å². The van der Waals surface area contributed by atoms with Crippen molar-refractivity contribution in [3.05, 3.63) is 57.9 Å². The van der Waals surface area contributed by atoms with E-state index >= 15 is 0 Å². The first kappa shape index (κ1) is 16.6. The molecule has 0 saturated heterocycles. The normalized spacial score (nSPS) is 18.5. The molecule has 1 heterocycles. The molecule has 0 saturated carbocycles. The van der Waals surface area contributed by atoms with Gasteiger partial charge in [0.2, 0.25) is 0 Å². The van der Waals surface area contributed by atoms with Gasteiger partial charge in [-0.25, -0.2) is 4.79 Å². The molecule has 7 heteroatoms. The van der Waals surface area contributed by atoms with Gasteiger partial charge in [-0.1, -0.05) is 18.2 Å². The number of nitrogens with zero attached hydrogens (tertiary/aromatic N) is 1. The quantitative estimate of drug-likeness (QED) is 0.873. The highest BCUT2D eigenvalue weighted by molar-refractivity contribution is 5.91. The molecular formula is C16H13F3N2O2. The Morgan fingerprint density at radius 1 is 1.30 bits per heavy atom. The molecule has 1 unspecified atom stereocenters. The summed E-state index contributed by atoms with van der Waals surface area (Å²) in [4.78, 5) is 11.5. The van der Waals surface area contributed by atoms with E-state index in [0.29, 0.717) is 11.4 Å². The standard InChI is InChI=1S/C16H13F3N2O2/c1-8-12(7-20)14(13(15(22)23)9(2)21-8)10-4-3-5-11(6-10)16(17,18)19/h3-6,14,21H,1-2H3,(H,22,23). The molecule has 1 aromatic rings. The second-order valence-corrected chi connectivity index (χ2v) is 5.18. The fourth-order valence-electron chi connectivity index (χ4n) is 2.65. The predicted octanol–water partition coefficient (Wildman–Crippen LogP) is 3.55. The maximum Gasteiger partial charge on any atom is 0.416 e. The van der Waals surface area contributed by atoms with E-state index in [1.165, 1.54) is 19.1 Å². The molecule has 1 atom stereocenters. The predicted molar refractivity (Wildman–Crippen MR) is 76.0 cm³/mol. The Kier molecular flexibility index (Phi) is 4.19. The van der Waals surface area contributed by atoms with Gasteiger partial charge in [-0.2, -0.15) is 18.4 Å². The van der Waals surface area contributed by atoms with Crippen LogP contribution in [0, 0.1) is 11.3 Å². The number of carboxylic acids is 1. The van der Waals surface area contributed by atoms with Gasteiger partial charge in [0, 0.05) is 11.4 Å². The van der Waals surface area contributed by atoms with Gasteiger partial charge in [-0.05, 0) is 25.5 Å². The summed E-state index contributed by atoms with van der Waals surface area (Å²) in [5.41, 5.74) is -0.0764. The number of aliphatic carboxylic acids is 1. The van der Waals surface area contributed by atoms with Crippen LogP contribution in [-0.4, -0.2) is 11.1 Å². The van der Waals surface area contributed by atoms with Gasteiger partial charge in [-0.3, -0.25) is 0 Å². The average molecular weight is 322 g/mol. The molecule has 0 aliphatic carbocycles. The molecule has 4 nitrogen and oxygen atoms in total. The number of alkyl halides is 3. The summed E-state index contributed by atoms with van der Waals surface area (Å²) in [6.45, 7) is 3.10. The lowest BCUT2D eigenvalue weighted by atomic mass is 9.80. The molecule has 0 radical (unpaired) electrons. The van der Waals surface area contributed by atoms with Crippen LogP contribution in [0.25, 0.3) is 0 Å². The number of hydrogen-bond acceptors (Lipinski definition) is 3. The van der Waals surface area contributed by atoms with Crippen molar-refractivity contribution < 1.29 is 23.1 Å². The van der Waals surface area contributed by atoms with Crippen LogP contribution in [0.15, 0.2) is 46.8 Å². The van der Waals surface area contributed by atoms with Gasteiger partial charge in [-0.15, -0.1) is 0 Å². The number of dihydropyridines is 1. The lowest BCUT2D eigenvalue weighted by Gasteiger charge is -2.27. The minimum atomic E-state index is -4.55. The first-order valence-electron chi connectivity index (χ1n) is 6.66. The van der Waals surface area contributed by atoms with Gasteiger partial charge < -0.3 is 10.4 Å². The van der Waals surface area contributed by atoms with E-state index in [4.69, 9.17) is 0 Å². The molecule has 0 amide bonds. The molecular weight excluding hydrogens is 309 g/mol. The number of allylic oxidation sites excluding steroid dienone is 3. The fourth-order valence-corrected chi connectivity index (χ4v) is 2.65. The highest BCUT2D eigenvalue weighted by atomic mass is 19.4. The Labute approximate surface area is 130 Å². The van der Waals surface area contributed by atoms with Crippen LogP contribution in [0.2, 0.25) is 0 Å². The molecule has 0 bridgehead atoms. The average Bonchev–Trinajstić information content (AvgIpc) is 2.45. The Morgan fingerprint density at radius 3 is 2.48 bits per heavy atom. The maximum atomic E-state index is 12.9. The van der Waals surface area contributed by atoms with Crippen molar-refractivity contribution in [2.45, 2.75) is 25.9 Å². The third kappa shape index (κ3) is 3.06. The van der Waals surface area contributed by atoms with E-state index in [0.717, 1.165) is 12.1 Å². The molecule has 120 valence electrons. The Bertz CT molecular complexity index is 770. The van der Waals surface area contributed by atoms with E-state index in [-0.39, 0.29) is 16.7 Å². The minimum Gasteiger partial charge on any atom is -0.478 e. The van der Waals surface area contributed by atoms with E-state index in [1.54, 1.807) is 6.92 Å². The van der Waals surface area contributed by atoms with Crippen LogP contribution in [0.5, 0.6) is 0 Å². The van der Waals surface area contributed by atoms with Gasteiger partial charge in [0.25, 0.3) is 0 Å². The molecule has 1 aromatic carbocycles. The second-order valence-electron chi connectivity index (χ2n) is 5.18. The molecule has 2 N–H and O–H groups in total. The number of nitriles is 1. The first-order valence-corrected chi connectivity index (χ1v) is 6.66. The van der Waals surface area contributed by atoms with E-state index in [1.807, 2.05) is 6.07 Å². The zero-order valence-electron chi connectivity index (χ0n) is 12.3. The number of halogens is 3. The van der Waals surface area contributed by atoms with Crippen LogP contribution in [0.4, 0.5) is 13.2 Å². The van der Waals surface area contributed by atoms with E-state index in [9.17, 15) is 28.3 Å². The van der Waals surface area contributed by atoms with E-state index < -0.39 is 23.6 Å². The fraction of sp³-hybridized carbons (Fsp3) is 0.250. The molecule has 0 aromatic heterocycles. The van der Waals surface area contributed by atoms with Crippen LogP contribution >= 0.6 is 0 Å². The SMILES string of the molecule is CC1=C(C#N)C(c2cccc(C(F)(F)F)c2)C(C(=O)O)=C(C)N1. The van der Waals surface area contributed by atoms with Crippen LogP contribution in [0.1, 0.15) is 30.9 Å². The summed E-state index contributed by atoms with van der Waals surface area (Å²) < 4.78 is 38.7. The van der Waals surface area contributed by atoms with Gasteiger partial charge in [0.05, 0.1) is 28.7 Å². The summed E-state index contributed by atoms with van der Waals surface area (Å²) in [6.07, 6.45) is -4.55. The van der Waals surface area contributed by atoms with Crippen molar-refractivity contribution in [1.29, 1.82) is 5.26 Å². The highest BCUT2D eigenvalue weighted by Crippen LogP contribution is 2.39. The monoisotopic (exact) mass is 322 g/mol. The van der Waals surface area contributed by atoms with Crippen LogP contribution in [0.3, 0.4) is 0 Å². The lowest BCUT2D eigenvalue weighted by molar-refractivity contribution is -0.137. The lowest BCUT2D eigenvalue weighted by Crippen LogP contribution is -2.27. The maximum absolute atomic E-state index is 12.9. The third-order valence-corrected chi connectivity index (χ3v) is 3.66. The summed E-state index contributed by atoms with van der Waals surface area (Å²) in [5.74, 6) is -2.32. The molecule has 0 spiro atoms. The van der Waals surface area contributed by atoms with Crippen LogP contribution < -0.4 is 5.32 Å². The zero-order valence-corrected chi connectivity index (χ0v) is 12.3. The van der Waals surface area contributed by atoms with Gasteiger partial charge in [0.1, 0.15) is 0 Å². The summed E-state index contributed by atoms with van der Waals surface area (Å²) in [7, 11) is 0. The summed E-state index contributed by atoms with van der Waals surface area (Å²) >= 11 is 0. The number of carbonyl (C=O) groups is 1. The minimum absolute atomic E-state index is 0.0901. The smallest absolute Gasteiger partial charge is 0.416 e. The summed E-state index contributed by atoms with van der Waals surface area (Å²) in [5, 5.41) is 21.5. The Balaban J connectivity index is 2.68. The van der Waals surface area contributed by atoms with Crippen molar-refractivity contribution >= 4 is 5.97 Å². The highest BCUT2D eigenvalue weighted by Gasteiger charge is 2.36.